The standard InChI is InChI=1S/C29H27N3O4S/c1-4-17-31-21-14-10-9-13-20(21)24(26(31)33)25-27(34)32-22(16-15-19-11-7-6-8-12-19)23(28(35)36-5-2)18(3)30-29(32)37-25/h6-16,22H,4-5,17H2,1-3H3/b16-15+,25-24-/t22-/m1/s1. The van der Waals surface area contributed by atoms with Crippen LogP contribution in [0.15, 0.2) is 81.7 Å². The third-order valence-electron chi connectivity index (χ3n) is 6.40. The van der Waals surface area contributed by atoms with Crippen molar-refractivity contribution >= 4 is 40.5 Å². The van der Waals surface area contributed by atoms with Gasteiger partial charge in [-0.2, -0.15) is 0 Å². The highest BCUT2D eigenvalue weighted by atomic mass is 32.1. The Hall–Kier alpha value is -4.04. The van der Waals surface area contributed by atoms with Gasteiger partial charge in [0.15, 0.2) is 4.80 Å². The predicted molar refractivity (Wildman–Crippen MR) is 145 cm³/mol. The Morgan fingerprint density at radius 1 is 1.08 bits per heavy atom. The molecule has 0 spiro atoms. The summed E-state index contributed by atoms with van der Waals surface area (Å²) in [7, 11) is 0. The number of nitrogens with zero attached hydrogens (tertiary/aromatic N) is 3. The van der Waals surface area contributed by atoms with Crippen LogP contribution in [0.1, 0.15) is 44.4 Å². The van der Waals surface area contributed by atoms with Crippen LogP contribution in [0.5, 0.6) is 0 Å². The molecule has 3 heterocycles. The van der Waals surface area contributed by atoms with E-state index in [1.807, 2.05) is 73.7 Å². The number of hydrogen-bond donors (Lipinski definition) is 0. The van der Waals surface area contributed by atoms with Crippen molar-refractivity contribution in [3.05, 3.63) is 103 Å². The van der Waals surface area contributed by atoms with Crippen LogP contribution in [0.4, 0.5) is 5.69 Å². The van der Waals surface area contributed by atoms with Crippen molar-refractivity contribution in [2.45, 2.75) is 33.2 Å². The molecule has 188 valence electrons. The number of allylic oxidation sites excluding steroid dienone is 2. The average Bonchev–Trinajstić information content (AvgIpc) is 3.36. The Morgan fingerprint density at radius 2 is 1.81 bits per heavy atom. The highest BCUT2D eigenvalue weighted by molar-refractivity contribution is 7.07. The summed E-state index contributed by atoms with van der Waals surface area (Å²) in [4.78, 5) is 47.3. The van der Waals surface area contributed by atoms with Gasteiger partial charge in [-0.15, -0.1) is 0 Å². The molecule has 8 heteroatoms. The zero-order valence-corrected chi connectivity index (χ0v) is 21.7. The van der Waals surface area contributed by atoms with Crippen LogP contribution in [-0.2, 0) is 14.3 Å². The summed E-state index contributed by atoms with van der Waals surface area (Å²) in [5.74, 6) is -0.702. The zero-order chi connectivity index (χ0) is 26.1. The molecule has 1 atom stereocenters. The molecule has 0 unspecified atom stereocenters. The van der Waals surface area contributed by atoms with E-state index in [0.29, 0.717) is 32.7 Å². The molecular weight excluding hydrogens is 486 g/mol. The molecule has 2 aliphatic heterocycles. The molecule has 0 saturated carbocycles. The van der Waals surface area contributed by atoms with E-state index >= 15 is 0 Å². The molecule has 5 rings (SSSR count). The quantitative estimate of drug-likeness (QED) is 0.472. The number of thiazole rings is 1. The maximum Gasteiger partial charge on any atom is 0.338 e. The summed E-state index contributed by atoms with van der Waals surface area (Å²) >= 11 is 1.18. The first-order chi connectivity index (χ1) is 18.0. The summed E-state index contributed by atoms with van der Waals surface area (Å²) in [5, 5.41) is 0. The maximum absolute atomic E-state index is 14.0. The first kappa shape index (κ1) is 24.6. The van der Waals surface area contributed by atoms with E-state index in [1.54, 1.807) is 18.7 Å². The largest absolute Gasteiger partial charge is 0.463 e. The summed E-state index contributed by atoms with van der Waals surface area (Å²) in [5.41, 5.74) is 3.31. The minimum atomic E-state index is -0.719. The third-order valence-corrected chi connectivity index (χ3v) is 7.46. The van der Waals surface area contributed by atoms with E-state index in [4.69, 9.17) is 4.74 Å². The monoisotopic (exact) mass is 513 g/mol. The number of anilines is 1. The number of carbonyl (C=O) groups is 2. The molecular formula is C29H27N3O4S. The van der Waals surface area contributed by atoms with Crippen molar-refractivity contribution in [1.29, 1.82) is 0 Å². The minimum Gasteiger partial charge on any atom is -0.463 e. The van der Waals surface area contributed by atoms with Crippen LogP contribution in [-0.4, -0.2) is 29.6 Å². The molecule has 0 N–H and O–H groups in total. The van der Waals surface area contributed by atoms with Crippen LogP contribution in [0.2, 0.25) is 0 Å². The average molecular weight is 514 g/mol. The fraction of sp³-hybridized carbons (Fsp3) is 0.241. The van der Waals surface area contributed by atoms with Crippen LogP contribution in [0, 0.1) is 0 Å². The number of hydrogen-bond acceptors (Lipinski definition) is 6. The fourth-order valence-electron chi connectivity index (χ4n) is 4.78. The Bertz CT molecular complexity index is 1630. The highest BCUT2D eigenvalue weighted by Crippen LogP contribution is 2.35. The van der Waals surface area contributed by atoms with Gasteiger partial charge in [0.1, 0.15) is 4.53 Å². The van der Waals surface area contributed by atoms with Crippen LogP contribution >= 0.6 is 11.3 Å². The smallest absolute Gasteiger partial charge is 0.338 e. The van der Waals surface area contributed by atoms with E-state index in [0.717, 1.165) is 23.2 Å². The van der Waals surface area contributed by atoms with E-state index in [1.165, 1.54) is 15.9 Å². The Labute approximate surface area is 218 Å². The SMILES string of the molecule is CCCN1C(=O)/C(=c2\sc3n(c2=O)[C@H](/C=C/c2ccccc2)C(C(=O)OCC)=C(C)N=3)c2ccccc21. The lowest BCUT2D eigenvalue weighted by Crippen LogP contribution is -2.40. The number of ether oxygens (including phenoxy) is 1. The third kappa shape index (κ3) is 4.27. The number of aromatic nitrogens is 1. The number of para-hydroxylation sites is 1. The van der Waals surface area contributed by atoms with Gasteiger partial charge in [-0.3, -0.25) is 14.2 Å². The zero-order valence-electron chi connectivity index (χ0n) is 20.9. The summed E-state index contributed by atoms with van der Waals surface area (Å²) in [6.07, 6.45) is 4.49. The second-order valence-corrected chi connectivity index (χ2v) is 9.76. The van der Waals surface area contributed by atoms with Crippen molar-refractivity contribution < 1.29 is 14.3 Å². The first-order valence-corrected chi connectivity index (χ1v) is 13.1. The Morgan fingerprint density at radius 3 is 2.54 bits per heavy atom. The number of esters is 1. The van der Waals surface area contributed by atoms with Crippen LogP contribution in [0.25, 0.3) is 11.6 Å². The van der Waals surface area contributed by atoms with Crippen molar-refractivity contribution in [2.24, 2.45) is 4.99 Å². The summed E-state index contributed by atoms with van der Waals surface area (Å²) in [6.45, 7) is 6.27. The molecule has 0 bridgehead atoms. The fourth-order valence-corrected chi connectivity index (χ4v) is 5.92. The van der Waals surface area contributed by atoms with Gasteiger partial charge in [-0.05, 0) is 31.9 Å². The molecule has 2 aliphatic rings. The molecule has 2 aromatic carbocycles. The summed E-state index contributed by atoms with van der Waals surface area (Å²) < 4.78 is 7.16. The minimum absolute atomic E-state index is 0.189. The van der Waals surface area contributed by atoms with E-state index in [2.05, 4.69) is 4.99 Å². The lowest BCUT2D eigenvalue weighted by atomic mass is 10.0. The van der Waals surface area contributed by atoms with Gasteiger partial charge in [0.25, 0.3) is 11.5 Å². The number of benzene rings is 2. The van der Waals surface area contributed by atoms with Crippen LogP contribution < -0.4 is 19.8 Å². The van der Waals surface area contributed by atoms with Crippen molar-refractivity contribution in [1.82, 2.24) is 4.57 Å². The first-order valence-electron chi connectivity index (χ1n) is 12.3. The molecule has 0 saturated heterocycles. The molecule has 0 fully saturated rings. The second-order valence-electron chi connectivity index (χ2n) is 8.78. The molecule has 1 amide bonds. The van der Waals surface area contributed by atoms with E-state index in [-0.39, 0.29) is 18.1 Å². The number of carbonyl (C=O) groups excluding carboxylic acids is 2. The second kappa shape index (κ2) is 10.1. The van der Waals surface area contributed by atoms with Gasteiger partial charge in [-0.1, -0.05) is 78.9 Å². The molecule has 7 nitrogen and oxygen atoms in total. The Kier molecular flexibility index (Phi) is 6.76. The lowest BCUT2D eigenvalue weighted by Gasteiger charge is -2.21. The van der Waals surface area contributed by atoms with Crippen molar-refractivity contribution in [3.63, 3.8) is 0 Å². The Balaban J connectivity index is 1.75. The van der Waals surface area contributed by atoms with Gasteiger partial charge in [0.2, 0.25) is 0 Å². The van der Waals surface area contributed by atoms with Gasteiger partial charge < -0.3 is 9.64 Å². The predicted octanol–water partition coefficient (Wildman–Crippen LogP) is 3.59. The summed E-state index contributed by atoms with van der Waals surface area (Å²) in [6, 6.07) is 16.5. The van der Waals surface area contributed by atoms with Crippen molar-refractivity contribution in [3.8, 4) is 0 Å². The molecule has 0 aliphatic carbocycles. The lowest BCUT2D eigenvalue weighted by molar-refractivity contribution is -0.139. The van der Waals surface area contributed by atoms with E-state index in [9.17, 15) is 14.4 Å². The van der Waals surface area contributed by atoms with Crippen LogP contribution in [0.3, 0.4) is 0 Å². The normalized spacial score (nSPS) is 18.2. The highest BCUT2D eigenvalue weighted by Gasteiger charge is 2.35. The van der Waals surface area contributed by atoms with Crippen molar-refractivity contribution in [2.75, 3.05) is 18.1 Å². The molecule has 3 aromatic rings. The maximum atomic E-state index is 14.0. The number of rotatable bonds is 6. The number of amides is 1. The van der Waals surface area contributed by atoms with Gasteiger partial charge in [-0.25, -0.2) is 9.79 Å². The molecule has 37 heavy (non-hydrogen) atoms. The topological polar surface area (TPSA) is 81.0 Å². The van der Waals surface area contributed by atoms with Gasteiger partial charge in [0, 0.05) is 12.1 Å². The van der Waals surface area contributed by atoms with Gasteiger partial charge in [0.05, 0.1) is 35.2 Å². The molecule has 0 radical (unpaired) electrons. The van der Waals surface area contributed by atoms with Gasteiger partial charge >= 0.3 is 5.97 Å². The molecule has 1 aromatic heterocycles. The van der Waals surface area contributed by atoms with E-state index < -0.39 is 12.0 Å². The number of fused-ring (bicyclic) bond motifs is 2.